The topological polar surface area (TPSA) is 75.7 Å². The van der Waals surface area contributed by atoms with Crippen LogP contribution in [0.3, 0.4) is 0 Å². The summed E-state index contributed by atoms with van der Waals surface area (Å²) in [5.41, 5.74) is 0. The standard InChI is InChI=1S/C14H24N2O4S/c1-3-20-10(2)5-4-7-15-12(17)6-8-16-13(18)9-11(21)14(16)19/h10-11,21H,3-9H2,1-2H3,(H,15,17). The fourth-order valence-corrected chi connectivity index (χ4v) is 2.48. The third-order valence-corrected chi connectivity index (χ3v) is 3.75. The number of nitrogens with one attached hydrogen (secondary N) is 1. The minimum absolute atomic E-state index is 0.124. The van der Waals surface area contributed by atoms with Crippen molar-refractivity contribution in [3.8, 4) is 0 Å². The van der Waals surface area contributed by atoms with Crippen LogP contribution >= 0.6 is 12.6 Å². The van der Waals surface area contributed by atoms with Crippen LogP contribution in [0.1, 0.15) is 39.5 Å². The van der Waals surface area contributed by atoms with Gasteiger partial charge in [0.1, 0.15) is 0 Å². The molecule has 0 aromatic carbocycles. The second-order valence-electron chi connectivity index (χ2n) is 5.11. The minimum atomic E-state index is -0.555. The van der Waals surface area contributed by atoms with Crippen molar-refractivity contribution in [1.29, 1.82) is 0 Å². The molecule has 2 unspecified atom stereocenters. The Morgan fingerprint density at radius 1 is 1.52 bits per heavy atom. The first-order chi connectivity index (χ1) is 9.95. The van der Waals surface area contributed by atoms with Crippen LogP contribution in [0.2, 0.25) is 0 Å². The molecule has 0 aromatic rings. The Bertz CT molecular complexity index is 389. The molecule has 0 aliphatic carbocycles. The molecule has 0 spiro atoms. The van der Waals surface area contributed by atoms with Crippen molar-refractivity contribution in [3.63, 3.8) is 0 Å². The number of hydrogen-bond donors (Lipinski definition) is 2. The van der Waals surface area contributed by atoms with E-state index in [0.29, 0.717) is 13.2 Å². The normalized spacial score (nSPS) is 20.0. The van der Waals surface area contributed by atoms with Crippen LogP contribution in [-0.4, -0.2) is 53.7 Å². The predicted molar refractivity (Wildman–Crippen MR) is 82.1 cm³/mol. The molecular weight excluding hydrogens is 292 g/mol. The molecule has 1 aliphatic heterocycles. The molecule has 0 radical (unpaired) electrons. The van der Waals surface area contributed by atoms with Crippen LogP contribution in [-0.2, 0) is 19.1 Å². The van der Waals surface area contributed by atoms with Crippen LogP contribution in [0.5, 0.6) is 0 Å². The lowest BCUT2D eigenvalue weighted by molar-refractivity contribution is -0.138. The molecule has 1 heterocycles. The van der Waals surface area contributed by atoms with Crippen molar-refractivity contribution in [3.05, 3.63) is 0 Å². The van der Waals surface area contributed by atoms with Gasteiger partial charge in [0.25, 0.3) is 0 Å². The summed E-state index contributed by atoms with van der Waals surface area (Å²) in [5, 5.41) is 2.23. The molecule has 0 aromatic heterocycles. The van der Waals surface area contributed by atoms with E-state index in [-0.39, 0.29) is 43.2 Å². The molecule has 0 saturated carbocycles. The number of amides is 3. The maximum absolute atomic E-state index is 11.7. The van der Waals surface area contributed by atoms with Crippen molar-refractivity contribution in [2.24, 2.45) is 0 Å². The fraction of sp³-hybridized carbons (Fsp3) is 0.786. The van der Waals surface area contributed by atoms with Crippen molar-refractivity contribution in [2.75, 3.05) is 19.7 Å². The summed E-state index contributed by atoms with van der Waals surface area (Å²) >= 11 is 4.03. The number of likely N-dealkylation sites (tertiary alicyclic amines) is 1. The zero-order valence-corrected chi connectivity index (χ0v) is 13.5. The molecule has 7 heteroatoms. The van der Waals surface area contributed by atoms with Gasteiger partial charge < -0.3 is 10.1 Å². The Labute approximate surface area is 131 Å². The highest BCUT2D eigenvalue weighted by Gasteiger charge is 2.36. The lowest BCUT2D eigenvalue weighted by Crippen LogP contribution is -2.35. The van der Waals surface area contributed by atoms with Gasteiger partial charge in [-0.15, -0.1) is 0 Å². The van der Waals surface area contributed by atoms with Gasteiger partial charge in [-0.2, -0.15) is 12.6 Å². The largest absolute Gasteiger partial charge is 0.379 e. The summed E-state index contributed by atoms with van der Waals surface area (Å²) < 4.78 is 5.40. The summed E-state index contributed by atoms with van der Waals surface area (Å²) in [5.74, 6) is -0.706. The lowest BCUT2D eigenvalue weighted by atomic mass is 10.2. The molecule has 1 rings (SSSR count). The highest BCUT2D eigenvalue weighted by Crippen LogP contribution is 2.17. The summed E-state index contributed by atoms with van der Waals surface area (Å²) in [6.07, 6.45) is 2.18. The Kier molecular flexibility index (Phi) is 7.74. The molecular formula is C14H24N2O4S. The quantitative estimate of drug-likeness (QED) is 0.374. The monoisotopic (exact) mass is 316 g/mol. The summed E-state index contributed by atoms with van der Waals surface area (Å²) in [6, 6.07) is 0. The molecule has 2 atom stereocenters. The molecule has 0 bridgehead atoms. The van der Waals surface area contributed by atoms with E-state index < -0.39 is 5.25 Å². The second-order valence-corrected chi connectivity index (χ2v) is 5.74. The summed E-state index contributed by atoms with van der Waals surface area (Å²) in [6.45, 7) is 5.36. The van der Waals surface area contributed by atoms with Crippen molar-refractivity contribution in [1.82, 2.24) is 10.2 Å². The Hall–Kier alpha value is -1.08. The van der Waals surface area contributed by atoms with Gasteiger partial charge in [-0.3, -0.25) is 19.3 Å². The maximum atomic E-state index is 11.7. The van der Waals surface area contributed by atoms with Crippen LogP contribution < -0.4 is 5.32 Å². The van der Waals surface area contributed by atoms with Gasteiger partial charge in [-0.1, -0.05) is 0 Å². The molecule has 1 saturated heterocycles. The first kappa shape index (κ1) is 18.0. The minimum Gasteiger partial charge on any atom is -0.379 e. The van der Waals surface area contributed by atoms with Crippen LogP contribution in [0, 0.1) is 0 Å². The zero-order chi connectivity index (χ0) is 15.8. The first-order valence-corrected chi connectivity index (χ1v) is 7.88. The molecule has 1 N–H and O–H groups in total. The van der Waals surface area contributed by atoms with E-state index in [1.165, 1.54) is 0 Å². The van der Waals surface area contributed by atoms with Gasteiger partial charge in [-0.05, 0) is 26.7 Å². The van der Waals surface area contributed by atoms with Crippen molar-refractivity contribution < 1.29 is 19.1 Å². The second kappa shape index (κ2) is 9.04. The number of carbonyl (C=O) groups is 3. The van der Waals surface area contributed by atoms with Crippen LogP contribution in [0.25, 0.3) is 0 Å². The number of thiol groups is 1. The Morgan fingerprint density at radius 3 is 2.81 bits per heavy atom. The number of nitrogens with zero attached hydrogens (tertiary/aromatic N) is 1. The number of hydrogen-bond acceptors (Lipinski definition) is 5. The number of ether oxygens (including phenoxy) is 1. The summed E-state index contributed by atoms with van der Waals surface area (Å²) in [4.78, 5) is 35.9. The van der Waals surface area contributed by atoms with Crippen molar-refractivity contribution in [2.45, 2.75) is 50.9 Å². The summed E-state index contributed by atoms with van der Waals surface area (Å²) in [7, 11) is 0. The van der Waals surface area contributed by atoms with E-state index in [1.807, 2.05) is 13.8 Å². The zero-order valence-electron chi connectivity index (χ0n) is 12.6. The van der Waals surface area contributed by atoms with E-state index in [0.717, 1.165) is 17.7 Å². The number of carbonyl (C=O) groups excluding carboxylic acids is 3. The SMILES string of the molecule is CCOC(C)CCCNC(=O)CCN1C(=O)CC(S)C1=O. The molecule has 21 heavy (non-hydrogen) atoms. The lowest BCUT2D eigenvalue weighted by Gasteiger charge is -2.14. The van der Waals surface area contributed by atoms with Crippen LogP contribution in [0.4, 0.5) is 0 Å². The van der Waals surface area contributed by atoms with E-state index in [2.05, 4.69) is 17.9 Å². The van der Waals surface area contributed by atoms with Gasteiger partial charge in [0.15, 0.2) is 0 Å². The van der Waals surface area contributed by atoms with E-state index >= 15 is 0 Å². The molecule has 1 aliphatic rings. The Morgan fingerprint density at radius 2 is 2.24 bits per heavy atom. The predicted octanol–water partition coefficient (Wildman–Crippen LogP) is 0.755. The average Bonchev–Trinajstić information content (AvgIpc) is 2.67. The van der Waals surface area contributed by atoms with Gasteiger partial charge in [0.2, 0.25) is 17.7 Å². The highest BCUT2D eigenvalue weighted by molar-refractivity contribution is 7.81. The van der Waals surface area contributed by atoms with E-state index in [9.17, 15) is 14.4 Å². The number of rotatable bonds is 9. The molecule has 6 nitrogen and oxygen atoms in total. The first-order valence-electron chi connectivity index (χ1n) is 7.36. The van der Waals surface area contributed by atoms with Gasteiger partial charge in [0.05, 0.1) is 11.4 Å². The van der Waals surface area contributed by atoms with Crippen LogP contribution in [0.15, 0.2) is 0 Å². The van der Waals surface area contributed by atoms with Gasteiger partial charge in [0, 0.05) is 32.5 Å². The van der Waals surface area contributed by atoms with E-state index in [4.69, 9.17) is 4.74 Å². The third kappa shape index (κ3) is 6.05. The van der Waals surface area contributed by atoms with Crippen molar-refractivity contribution >= 4 is 30.4 Å². The fourth-order valence-electron chi connectivity index (χ4n) is 2.19. The van der Waals surface area contributed by atoms with Gasteiger partial charge >= 0.3 is 0 Å². The molecule has 1 fully saturated rings. The highest BCUT2D eigenvalue weighted by atomic mass is 32.1. The third-order valence-electron chi connectivity index (χ3n) is 3.34. The smallest absolute Gasteiger partial charge is 0.242 e. The molecule has 3 amide bonds. The van der Waals surface area contributed by atoms with E-state index in [1.54, 1.807) is 0 Å². The van der Waals surface area contributed by atoms with Gasteiger partial charge in [-0.25, -0.2) is 0 Å². The maximum Gasteiger partial charge on any atom is 0.242 e. The Balaban J connectivity index is 2.14. The average molecular weight is 316 g/mol. The molecule has 120 valence electrons. The number of imide groups is 1.